The van der Waals surface area contributed by atoms with Crippen molar-refractivity contribution in [2.24, 2.45) is 0 Å². The summed E-state index contributed by atoms with van der Waals surface area (Å²) in [6, 6.07) is 7.24. The van der Waals surface area contributed by atoms with Crippen LogP contribution in [0.1, 0.15) is 18.1 Å². The third-order valence-electron chi connectivity index (χ3n) is 3.53. The molecule has 21 heavy (non-hydrogen) atoms. The third-order valence-corrected chi connectivity index (χ3v) is 3.53. The van der Waals surface area contributed by atoms with E-state index < -0.39 is 0 Å². The van der Waals surface area contributed by atoms with Crippen LogP contribution in [0.2, 0.25) is 0 Å². The first-order valence-corrected chi connectivity index (χ1v) is 6.62. The van der Waals surface area contributed by atoms with Gasteiger partial charge in [-0.15, -0.1) is 0 Å². The summed E-state index contributed by atoms with van der Waals surface area (Å²) in [5.74, 6) is 0.330. The maximum Gasteiger partial charge on any atom is 0.278 e. The van der Waals surface area contributed by atoms with Gasteiger partial charge in [0.05, 0.1) is 6.54 Å². The number of fused-ring (bicyclic) bond motifs is 2. The summed E-state index contributed by atoms with van der Waals surface area (Å²) in [4.78, 5) is 17.2. The van der Waals surface area contributed by atoms with Crippen LogP contribution in [0.25, 0.3) is 16.7 Å². The Bertz CT molecular complexity index is 981. The van der Waals surface area contributed by atoms with E-state index in [2.05, 4.69) is 4.98 Å². The average molecular weight is 280 g/mol. The van der Waals surface area contributed by atoms with Gasteiger partial charge in [-0.05, 0) is 31.5 Å². The van der Waals surface area contributed by atoms with Crippen LogP contribution in [-0.2, 0) is 6.54 Å². The van der Waals surface area contributed by atoms with Crippen molar-refractivity contribution < 1.29 is 4.57 Å². The summed E-state index contributed by atoms with van der Waals surface area (Å²) in [5.41, 5.74) is 8.10. The lowest BCUT2D eigenvalue weighted by Gasteiger charge is -2.07. The van der Waals surface area contributed by atoms with Gasteiger partial charge in [-0.3, -0.25) is 9.20 Å². The molecule has 3 heterocycles. The Morgan fingerprint density at radius 2 is 2.24 bits per heavy atom. The van der Waals surface area contributed by atoms with E-state index in [0.717, 1.165) is 5.56 Å². The first kappa shape index (κ1) is 13.1. The summed E-state index contributed by atoms with van der Waals surface area (Å²) in [7, 11) is 0. The number of nitrogens with two attached hydrogens (primary N) is 1. The number of aryl methyl sites for hydroxylation is 2. The molecule has 0 aromatic carbocycles. The second-order valence-corrected chi connectivity index (χ2v) is 4.89. The minimum absolute atomic E-state index is 0.197. The first-order valence-electron chi connectivity index (χ1n) is 6.62. The van der Waals surface area contributed by atoms with Crippen molar-refractivity contribution in [1.82, 2.24) is 9.38 Å². The number of rotatable bonds is 1. The standard InChI is InChI=1S/C15H13N5O/c1-3-19-13(17)10(7-16)6-11-14(19)18-12-5-4-9(2)8-20(12)15(11)21/h4-6,8,17H,3H2,1-2H3/p+1. The fourth-order valence-electron chi connectivity index (χ4n) is 2.47. The molecule has 0 unspecified atom stereocenters. The van der Waals surface area contributed by atoms with E-state index >= 15 is 0 Å². The van der Waals surface area contributed by atoms with Crippen LogP contribution in [-0.4, -0.2) is 9.38 Å². The normalized spacial score (nSPS) is 10.9. The fraction of sp³-hybridized carbons (Fsp3) is 0.200. The predicted molar refractivity (Wildman–Crippen MR) is 78.7 cm³/mol. The van der Waals surface area contributed by atoms with Gasteiger partial charge in [0.1, 0.15) is 17.0 Å². The topological polar surface area (TPSA) is 88.1 Å². The second kappa shape index (κ2) is 4.56. The molecular formula is C15H14N5O+. The van der Waals surface area contributed by atoms with Crippen LogP contribution in [0.3, 0.4) is 0 Å². The van der Waals surface area contributed by atoms with Gasteiger partial charge in [-0.2, -0.15) is 5.26 Å². The lowest BCUT2D eigenvalue weighted by atomic mass is 10.2. The molecule has 3 rings (SSSR count). The van der Waals surface area contributed by atoms with Gasteiger partial charge >= 0.3 is 0 Å². The first-order chi connectivity index (χ1) is 10.1. The van der Waals surface area contributed by atoms with Crippen molar-refractivity contribution >= 4 is 22.5 Å². The van der Waals surface area contributed by atoms with E-state index in [1.165, 1.54) is 10.5 Å². The maximum atomic E-state index is 12.6. The highest BCUT2D eigenvalue weighted by Gasteiger charge is 2.19. The number of nitriles is 1. The monoisotopic (exact) mass is 280 g/mol. The smallest absolute Gasteiger partial charge is 0.278 e. The van der Waals surface area contributed by atoms with Gasteiger partial charge in [-0.1, -0.05) is 11.1 Å². The van der Waals surface area contributed by atoms with Crippen molar-refractivity contribution in [3.63, 3.8) is 0 Å². The summed E-state index contributed by atoms with van der Waals surface area (Å²) < 4.78 is 3.18. The van der Waals surface area contributed by atoms with Crippen LogP contribution in [0.15, 0.2) is 29.2 Å². The SMILES string of the molecule is CC[n+]1c(N)c(C#N)cc2c(=O)n3cc(C)ccc3nc21. The molecule has 6 heteroatoms. The van der Waals surface area contributed by atoms with Crippen molar-refractivity contribution in [2.45, 2.75) is 20.4 Å². The average Bonchev–Trinajstić information content (AvgIpc) is 2.48. The molecule has 0 bridgehead atoms. The Balaban J connectivity index is 2.60. The van der Waals surface area contributed by atoms with Gasteiger partial charge in [0.2, 0.25) is 11.5 Å². The van der Waals surface area contributed by atoms with E-state index in [1.54, 1.807) is 16.8 Å². The molecule has 0 amide bonds. The summed E-state index contributed by atoms with van der Waals surface area (Å²) in [5, 5.41) is 9.57. The van der Waals surface area contributed by atoms with Crippen LogP contribution >= 0.6 is 0 Å². The molecule has 0 saturated heterocycles. The Labute approximate surface area is 120 Å². The van der Waals surface area contributed by atoms with Gasteiger partial charge in [0.25, 0.3) is 11.2 Å². The number of pyridine rings is 2. The maximum absolute atomic E-state index is 12.6. The van der Waals surface area contributed by atoms with E-state index in [0.29, 0.717) is 29.0 Å². The number of nitrogen functional groups attached to an aromatic ring is 1. The van der Waals surface area contributed by atoms with Gasteiger partial charge in [0, 0.05) is 6.20 Å². The van der Waals surface area contributed by atoms with Crippen LogP contribution in [0, 0.1) is 18.3 Å². The summed E-state index contributed by atoms with van der Waals surface area (Å²) in [6.07, 6.45) is 1.74. The van der Waals surface area contributed by atoms with Crippen molar-refractivity contribution in [2.75, 3.05) is 5.73 Å². The van der Waals surface area contributed by atoms with Gasteiger partial charge in [0.15, 0.2) is 0 Å². The molecule has 6 nitrogen and oxygen atoms in total. The Hall–Kier alpha value is -2.94. The quantitative estimate of drug-likeness (QED) is 0.530. The van der Waals surface area contributed by atoms with E-state index in [1.807, 2.05) is 26.0 Å². The second-order valence-electron chi connectivity index (χ2n) is 4.89. The van der Waals surface area contributed by atoms with Gasteiger partial charge in [-0.25, -0.2) is 4.57 Å². The minimum Gasteiger partial charge on any atom is -0.317 e. The molecule has 0 aliphatic carbocycles. The molecular weight excluding hydrogens is 266 g/mol. The Kier molecular flexibility index (Phi) is 2.84. The number of hydrogen-bond acceptors (Lipinski definition) is 4. The molecule has 0 aliphatic rings. The number of anilines is 1. The predicted octanol–water partition coefficient (Wildman–Crippen LogP) is 0.917. The van der Waals surface area contributed by atoms with Gasteiger partial charge < -0.3 is 5.73 Å². The van der Waals surface area contributed by atoms with Crippen molar-refractivity contribution in [3.8, 4) is 6.07 Å². The number of hydrogen-bond donors (Lipinski definition) is 1. The van der Waals surface area contributed by atoms with Crippen LogP contribution in [0.4, 0.5) is 5.82 Å². The summed E-state index contributed by atoms with van der Waals surface area (Å²) >= 11 is 0. The highest BCUT2D eigenvalue weighted by Crippen LogP contribution is 2.13. The highest BCUT2D eigenvalue weighted by molar-refractivity contribution is 5.76. The molecule has 0 spiro atoms. The summed E-state index contributed by atoms with van der Waals surface area (Å²) in [6.45, 7) is 4.34. The Morgan fingerprint density at radius 1 is 1.48 bits per heavy atom. The largest absolute Gasteiger partial charge is 0.317 e. The molecule has 104 valence electrons. The molecule has 2 N–H and O–H groups in total. The zero-order valence-electron chi connectivity index (χ0n) is 11.8. The molecule has 3 aromatic rings. The van der Waals surface area contributed by atoms with E-state index in [4.69, 9.17) is 5.73 Å². The lowest BCUT2D eigenvalue weighted by molar-refractivity contribution is -0.655. The molecule has 3 aromatic heterocycles. The highest BCUT2D eigenvalue weighted by atomic mass is 16.1. The molecule has 0 aliphatic heterocycles. The van der Waals surface area contributed by atoms with E-state index in [-0.39, 0.29) is 11.1 Å². The van der Waals surface area contributed by atoms with Crippen LogP contribution in [0.5, 0.6) is 0 Å². The molecule has 0 atom stereocenters. The lowest BCUT2D eigenvalue weighted by Crippen LogP contribution is -2.40. The van der Waals surface area contributed by atoms with Crippen molar-refractivity contribution in [3.05, 3.63) is 45.9 Å². The fourth-order valence-corrected chi connectivity index (χ4v) is 2.47. The van der Waals surface area contributed by atoms with E-state index in [9.17, 15) is 10.1 Å². The number of aromatic nitrogens is 3. The Morgan fingerprint density at radius 3 is 2.90 bits per heavy atom. The molecule has 0 radical (unpaired) electrons. The third kappa shape index (κ3) is 1.82. The number of nitrogens with zero attached hydrogens (tertiary/aromatic N) is 4. The zero-order valence-corrected chi connectivity index (χ0v) is 11.8. The minimum atomic E-state index is -0.197. The zero-order chi connectivity index (χ0) is 15.1. The molecule has 0 fully saturated rings. The molecule has 0 saturated carbocycles. The van der Waals surface area contributed by atoms with Crippen LogP contribution < -0.4 is 15.9 Å². The van der Waals surface area contributed by atoms with Crippen molar-refractivity contribution in [1.29, 1.82) is 5.26 Å².